The Morgan fingerprint density at radius 2 is 0.688 bits per heavy atom. The molecule has 0 nitrogen and oxygen atoms in total. The van der Waals surface area contributed by atoms with Gasteiger partial charge in [0, 0.05) is 0 Å². The summed E-state index contributed by atoms with van der Waals surface area (Å²) in [6, 6.07) is 0. The van der Waals surface area contributed by atoms with Crippen LogP contribution in [0.3, 0.4) is 0 Å². The Balaban J connectivity index is 0. The van der Waals surface area contributed by atoms with E-state index < -0.39 is 30.4 Å². The molecule has 0 aromatic rings. The van der Waals surface area contributed by atoms with Crippen molar-refractivity contribution in [1.29, 1.82) is 0 Å². The summed E-state index contributed by atoms with van der Waals surface area (Å²) in [4.78, 5) is 0. The number of rotatable bonds is 4. The second-order valence-electron chi connectivity index (χ2n) is 16.2. The van der Waals surface area contributed by atoms with Crippen LogP contribution in [0.4, 0.5) is 0 Å². The Morgan fingerprint density at radius 3 is 0.812 bits per heavy atom. The molecule has 32 heavy (non-hydrogen) atoms. The topological polar surface area (TPSA) is 0 Å². The van der Waals surface area contributed by atoms with Gasteiger partial charge in [-0.15, -0.1) is 15.2 Å². The van der Waals surface area contributed by atoms with E-state index in [0.717, 1.165) is 0 Å². The van der Waals surface area contributed by atoms with E-state index in [-0.39, 0.29) is 5.89 Å². The van der Waals surface area contributed by atoms with Gasteiger partial charge in [0.2, 0.25) is 0 Å². The van der Waals surface area contributed by atoms with Gasteiger partial charge in [0.15, 0.2) is 0 Å². The fourth-order valence-corrected chi connectivity index (χ4v) is 109. The van der Waals surface area contributed by atoms with E-state index in [1.807, 2.05) is 0 Å². The van der Waals surface area contributed by atoms with Crippen molar-refractivity contribution in [3.8, 4) is 0 Å². The molecular formula is C25H63GeSi6-. The summed E-state index contributed by atoms with van der Waals surface area (Å²) in [6.07, 6.45) is 0. The van der Waals surface area contributed by atoms with E-state index >= 15 is 0 Å². The molecule has 0 heterocycles. The van der Waals surface area contributed by atoms with Crippen molar-refractivity contribution in [3.63, 3.8) is 0 Å². The van der Waals surface area contributed by atoms with Crippen molar-refractivity contribution in [2.75, 3.05) is 0 Å². The number of hydrogen-bond acceptors (Lipinski definition) is 0. The summed E-state index contributed by atoms with van der Waals surface area (Å²) >= 11 is 0.315. The van der Waals surface area contributed by atoms with Crippen LogP contribution in [-0.4, -0.2) is 59.1 Å². The molecule has 0 aliphatic rings. The molecule has 0 aromatic heterocycles. The predicted octanol–water partition coefficient (Wildman–Crippen LogP) is 9.61. The quantitative estimate of drug-likeness (QED) is 0.280. The van der Waals surface area contributed by atoms with Crippen LogP contribution in [0, 0.1) is 0 Å². The molecule has 0 atom stereocenters. The first-order valence-electron chi connectivity index (χ1n) is 12.8. The molecule has 0 N–H and O–H groups in total. The average Bonchev–Trinajstić information content (AvgIpc) is 2.41. The van der Waals surface area contributed by atoms with Gasteiger partial charge >= 0.3 is 119 Å². The second-order valence-corrected chi connectivity index (χ2v) is 71.8. The molecule has 0 bridgehead atoms. The number of hydrogen-bond donors (Lipinski definition) is 0. The third-order valence-corrected chi connectivity index (χ3v) is 106. The van der Waals surface area contributed by atoms with Gasteiger partial charge in [0.05, 0.1) is 0 Å². The van der Waals surface area contributed by atoms with Crippen molar-refractivity contribution >= 4 is 59.1 Å². The molecule has 0 aliphatic heterocycles. The zero-order valence-corrected chi connectivity index (χ0v) is 34.6. The molecule has 0 aliphatic carbocycles. The Bertz CT molecular complexity index is 581. The summed E-state index contributed by atoms with van der Waals surface area (Å²) in [7, 11) is -2.98. The van der Waals surface area contributed by atoms with Crippen molar-refractivity contribution < 1.29 is 0 Å². The normalized spacial score (nSPS) is 15.2. The molecule has 0 unspecified atom stereocenters. The van der Waals surface area contributed by atoms with E-state index in [0.29, 0.717) is 34.4 Å². The van der Waals surface area contributed by atoms with Crippen LogP contribution in [-0.2, 0) is 0 Å². The zero-order valence-electron chi connectivity index (χ0n) is 26.5. The first-order chi connectivity index (χ1) is 13.4. The summed E-state index contributed by atoms with van der Waals surface area (Å²) in [5, 5.41) is 2.30. The van der Waals surface area contributed by atoms with Gasteiger partial charge in [-0.25, -0.2) is 0 Å². The van der Waals surface area contributed by atoms with E-state index in [4.69, 9.17) is 0 Å². The van der Waals surface area contributed by atoms with E-state index in [1.165, 1.54) is 8.55 Å². The van der Waals surface area contributed by atoms with Crippen LogP contribution < -0.4 is 0 Å². The molecule has 0 aromatic carbocycles. The third-order valence-electron chi connectivity index (χ3n) is 9.62. The zero-order chi connectivity index (χ0) is 27.0. The van der Waals surface area contributed by atoms with Gasteiger partial charge in [-0.05, 0) is 0 Å². The van der Waals surface area contributed by atoms with Gasteiger partial charge in [0.25, 0.3) is 0 Å². The first kappa shape index (κ1) is 36.0. The molecule has 0 saturated heterocycles. The van der Waals surface area contributed by atoms with Gasteiger partial charge in [-0.1, -0.05) is 77.8 Å². The van der Waals surface area contributed by atoms with E-state index in [9.17, 15) is 0 Å². The minimum atomic E-state index is -1.06. The van der Waals surface area contributed by atoms with Crippen molar-refractivity contribution in [2.24, 2.45) is 0 Å². The SMILES string of the molecule is CC(C)(C)[Si](C)(C)[Si-][Si](C)(C)C(C)(C)C.[CH3][Ge]=[Si]([Si](C)(C)C(C)(C)C)[Si](C)(C)C(C)(C)C. The fraction of sp³-hybridized carbons (Fsp3) is 1.00. The van der Waals surface area contributed by atoms with E-state index in [1.54, 1.807) is 0 Å². The van der Waals surface area contributed by atoms with Crippen LogP contribution in [0.1, 0.15) is 83.1 Å². The van der Waals surface area contributed by atoms with Crippen LogP contribution in [0.15, 0.2) is 0 Å². The molecule has 7 heteroatoms. The van der Waals surface area contributed by atoms with Gasteiger partial charge in [0.1, 0.15) is 0 Å². The molecule has 0 spiro atoms. The van der Waals surface area contributed by atoms with Crippen LogP contribution in [0.2, 0.25) is 78.3 Å². The summed E-state index contributed by atoms with van der Waals surface area (Å²) in [6.45, 7) is 50.9. The second kappa shape index (κ2) is 11.1. The van der Waals surface area contributed by atoms with Crippen LogP contribution in [0.25, 0.3) is 0 Å². The maximum absolute atomic E-state index is 2.70. The van der Waals surface area contributed by atoms with Crippen LogP contribution in [0.5, 0.6) is 0 Å². The minimum absolute atomic E-state index is 0.0484. The molecule has 2 radical (unpaired) electrons. The Kier molecular flexibility index (Phi) is 12.5. The predicted molar refractivity (Wildman–Crippen MR) is 172 cm³/mol. The molecule has 0 rings (SSSR count). The first-order valence-corrected chi connectivity index (χ1v) is 36.5. The fourth-order valence-electron chi connectivity index (χ4n) is 3.31. The molecule has 0 amide bonds. The van der Waals surface area contributed by atoms with Gasteiger partial charge in [-0.2, -0.15) is 0 Å². The Labute approximate surface area is 219 Å². The summed E-state index contributed by atoms with van der Waals surface area (Å²) in [5.41, 5.74) is 0. The van der Waals surface area contributed by atoms with Crippen molar-refractivity contribution in [1.82, 2.24) is 0 Å². The average molecular weight is 605 g/mol. The van der Waals surface area contributed by atoms with Gasteiger partial charge < -0.3 is 8.55 Å². The van der Waals surface area contributed by atoms with Crippen LogP contribution >= 0.6 is 0 Å². The molecular weight excluding hydrogens is 541 g/mol. The Hall–Kier alpha value is 1.84. The molecule has 0 fully saturated rings. The summed E-state index contributed by atoms with van der Waals surface area (Å²) < 4.78 is 0. The maximum atomic E-state index is 2.70. The van der Waals surface area contributed by atoms with Crippen molar-refractivity contribution in [2.45, 2.75) is 161 Å². The van der Waals surface area contributed by atoms with Gasteiger partial charge in [-0.3, -0.25) is 0 Å². The Morgan fingerprint density at radius 1 is 0.469 bits per heavy atom. The monoisotopic (exact) mass is 605 g/mol. The molecule has 192 valence electrons. The van der Waals surface area contributed by atoms with Crippen molar-refractivity contribution in [3.05, 3.63) is 0 Å². The van der Waals surface area contributed by atoms with E-state index in [2.05, 4.69) is 141 Å². The molecule has 0 saturated carbocycles. The summed E-state index contributed by atoms with van der Waals surface area (Å²) in [5.74, 6) is 2.54. The third kappa shape index (κ3) is 9.05. The standard InChI is InChI=1S/C13H33GeSi3.C12H30Si3/c1-12(2,3)16(8,9)15(14-7)17(10,11)13(4,5)6;1-11(2,3)14(7,8)13-15(9,10)12(4,5)6/h1-11H3;1-10H3/q;-1.